The second-order valence-electron chi connectivity index (χ2n) is 4.96. The largest absolute Gasteiger partial charge is 0.411 e. The molecule has 1 aromatic rings. The molecule has 1 rings (SSSR count). The van der Waals surface area contributed by atoms with Gasteiger partial charge in [-0.3, -0.25) is 0 Å². The average Bonchev–Trinajstić information content (AvgIpc) is 2.38. The molecular formula is C15H21F4NO. The zero-order valence-corrected chi connectivity index (χ0v) is 12.3. The molecule has 0 radical (unpaired) electrons. The minimum atomic E-state index is -4.31. The summed E-state index contributed by atoms with van der Waals surface area (Å²) in [4.78, 5) is 0. The lowest BCUT2D eigenvalue weighted by molar-refractivity contribution is -0.174. The van der Waals surface area contributed by atoms with Gasteiger partial charge in [-0.15, -0.1) is 0 Å². The smallest absolute Gasteiger partial charge is 0.372 e. The van der Waals surface area contributed by atoms with E-state index in [2.05, 4.69) is 10.1 Å². The van der Waals surface area contributed by atoms with Gasteiger partial charge in [0.25, 0.3) is 0 Å². The molecule has 6 heteroatoms. The molecule has 21 heavy (non-hydrogen) atoms. The van der Waals surface area contributed by atoms with E-state index in [0.717, 1.165) is 24.1 Å². The first kappa shape index (κ1) is 17.9. The predicted molar refractivity (Wildman–Crippen MR) is 73.7 cm³/mol. The Morgan fingerprint density at radius 2 is 2.00 bits per heavy atom. The van der Waals surface area contributed by atoms with E-state index < -0.39 is 12.8 Å². The van der Waals surface area contributed by atoms with Gasteiger partial charge in [0.15, 0.2) is 0 Å². The van der Waals surface area contributed by atoms with Crippen LogP contribution in [0.25, 0.3) is 0 Å². The quantitative estimate of drug-likeness (QED) is 0.575. The van der Waals surface area contributed by atoms with Crippen molar-refractivity contribution in [2.45, 2.75) is 38.9 Å². The van der Waals surface area contributed by atoms with Crippen LogP contribution in [0.5, 0.6) is 0 Å². The van der Waals surface area contributed by atoms with Crippen molar-refractivity contribution < 1.29 is 22.3 Å². The fourth-order valence-electron chi connectivity index (χ4n) is 2.11. The number of ether oxygens (including phenoxy) is 1. The molecule has 1 N–H and O–H groups in total. The van der Waals surface area contributed by atoms with Gasteiger partial charge >= 0.3 is 6.18 Å². The molecule has 0 saturated heterocycles. The summed E-state index contributed by atoms with van der Waals surface area (Å²) in [5.74, 6) is -0.321. The summed E-state index contributed by atoms with van der Waals surface area (Å²) in [6.45, 7) is 3.28. The summed E-state index contributed by atoms with van der Waals surface area (Å²) in [6.07, 6.45) is -3.00. The zero-order valence-electron chi connectivity index (χ0n) is 12.3. The van der Waals surface area contributed by atoms with Crippen molar-refractivity contribution in [3.05, 3.63) is 35.1 Å². The summed E-state index contributed by atoms with van der Waals surface area (Å²) >= 11 is 0. The number of alkyl halides is 3. The molecule has 0 spiro atoms. The number of rotatable bonds is 8. The van der Waals surface area contributed by atoms with Crippen molar-refractivity contribution in [2.24, 2.45) is 0 Å². The highest BCUT2D eigenvalue weighted by atomic mass is 19.4. The summed E-state index contributed by atoms with van der Waals surface area (Å²) in [7, 11) is 0. The molecule has 1 aromatic carbocycles. The Labute approximate surface area is 122 Å². The van der Waals surface area contributed by atoms with E-state index in [0.29, 0.717) is 6.42 Å². The Bertz CT molecular complexity index is 434. The molecule has 2 nitrogen and oxygen atoms in total. The van der Waals surface area contributed by atoms with Crippen LogP contribution >= 0.6 is 0 Å². The summed E-state index contributed by atoms with van der Waals surface area (Å²) in [5.41, 5.74) is 1.67. The number of halogens is 4. The number of hydrogen-bond acceptors (Lipinski definition) is 2. The van der Waals surface area contributed by atoms with Crippen LogP contribution < -0.4 is 5.32 Å². The SMILES string of the molecule is CCCNC(CCOCC(F)(F)F)c1ccc(F)cc1C. The lowest BCUT2D eigenvalue weighted by atomic mass is 9.98. The lowest BCUT2D eigenvalue weighted by Gasteiger charge is -2.21. The van der Waals surface area contributed by atoms with Crippen molar-refractivity contribution in [2.75, 3.05) is 19.8 Å². The molecule has 1 atom stereocenters. The van der Waals surface area contributed by atoms with E-state index in [1.165, 1.54) is 12.1 Å². The number of hydrogen-bond donors (Lipinski definition) is 1. The molecule has 0 aromatic heterocycles. The van der Waals surface area contributed by atoms with Gasteiger partial charge in [-0.25, -0.2) is 4.39 Å². The van der Waals surface area contributed by atoms with E-state index in [-0.39, 0.29) is 18.5 Å². The van der Waals surface area contributed by atoms with Gasteiger partial charge in [-0.2, -0.15) is 13.2 Å². The highest BCUT2D eigenvalue weighted by Gasteiger charge is 2.27. The van der Waals surface area contributed by atoms with Gasteiger partial charge in [0.05, 0.1) is 0 Å². The second kappa shape index (κ2) is 8.34. The maximum Gasteiger partial charge on any atom is 0.411 e. The van der Waals surface area contributed by atoms with Crippen LogP contribution in [0.15, 0.2) is 18.2 Å². The standard InChI is InChI=1S/C15H21F4NO/c1-3-7-20-14(6-8-21-10-15(17,18)19)13-5-4-12(16)9-11(13)2/h4-5,9,14,20H,3,6-8,10H2,1-2H3. The average molecular weight is 307 g/mol. The van der Waals surface area contributed by atoms with Crippen molar-refractivity contribution in [1.29, 1.82) is 0 Å². The zero-order chi connectivity index (χ0) is 15.9. The van der Waals surface area contributed by atoms with Crippen LogP contribution in [0.2, 0.25) is 0 Å². The van der Waals surface area contributed by atoms with E-state index in [4.69, 9.17) is 0 Å². The first-order valence-electron chi connectivity index (χ1n) is 6.97. The van der Waals surface area contributed by atoms with Crippen LogP contribution in [0.1, 0.15) is 36.9 Å². The van der Waals surface area contributed by atoms with Gasteiger partial charge in [-0.1, -0.05) is 13.0 Å². The van der Waals surface area contributed by atoms with Gasteiger partial charge in [0.1, 0.15) is 12.4 Å². The Balaban J connectivity index is 2.63. The van der Waals surface area contributed by atoms with Crippen LogP contribution in [-0.2, 0) is 4.74 Å². The minimum absolute atomic E-state index is 0.00227. The molecule has 0 amide bonds. The van der Waals surface area contributed by atoms with Gasteiger partial charge in [0, 0.05) is 12.6 Å². The third kappa shape index (κ3) is 6.91. The maximum absolute atomic E-state index is 13.1. The van der Waals surface area contributed by atoms with Crippen molar-refractivity contribution in [1.82, 2.24) is 5.32 Å². The molecule has 120 valence electrons. The van der Waals surface area contributed by atoms with Gasteiger partial charge < -0.3 is 10.1 Å². The van der Waals surface area contributed by atoms with Crippen molar-refractivity contribution in [3.8, 4) is 0 Å². The highest BCUT2D eigenvalue weighted by Crippen LogP contribution is 2.22. The molecule has 1 unspecified atom stereocenters. The molecule has 0 aliphatic rings. The van der Waals surface area contributed by atoms with Crippen LogP contribution in [-0.4, -0.2) is 25.9 Å². The molecule has 0 fully saturated rings. The lowest BCUT2D eigenvalue weighted by Crippen LogP contribution is -2.25. The van der Waals surface area contributed by atoms with E-state index in [9.17, 15) is 17.6 Å². The van der Waals surface area contributed by atoms with E-state index in [1.807, 2.05) is 6.92 Å². The predicted octanol–water partition coefficient (Wildman–Crippen LogP) is 4.14. The number of aryl methyl sites for hydroxylation is 1. The maximum atomic E-state index is 13.1. The van der Waals surface area contributed by atoms with Gasteiger partial charge in [-0.05, 0) is 49.6 Å². The van der Waals surface area contributed by atoms with Crippen molar-refractivity contribution in [3.63, 3.8) is 0 Å². The topological polar surface area (TPSA) is 21.3 Å². The third-order valence-corrected chi connectivity index (χ3v) is 3.06. The normalized spacial score (nSPS) is 13.4. The molecule has 0 saturated carbocycles. The first-order chi connectivity index (χ1) is 9.83. The fourth-order valence-corrected chi connectivity index (χ4v) is 2.11. The van der Waals surface area contributed by atoms with Crippen molar-refractivity contribution >= 4 is 0 Å². The third-order valence-electron chi connectivity index (χ3n) is 3.06. The summed E-state index contributed by atoms with van der Waals surface area (Å²) in [5, 5.41) is 3.26. The first-order valence-corrected chi connectivity index (χ1v) is 6.97. The van der Waals surface area contributed by atoms with Crippen LogP contribution in [0.4, 0.5) is 17.6 Å². The molecule has 0 heterocycles. The minimum Gasteiger partial charge on any atom is -0.372 e. The van der Waals surface area contributed by atoms with Gasteiger partial charge in [0.2, 0.25) is 0 Å². The fraction of sp³-hybridized carbons (Fsp3) is 0.600. The monoisotopic (exact) mass is 307 g/mol. The van der Waals surface area contributed by atoms with Crippen LogP contribution in [0, 0.1) is 12.7 Å². The molecule has 0 aliphatic heterocycles. The Kier molecular flexibility index (Phi) is 7.11. The summed E-state index contributed by atoms with van der Waals surface area (Å²) < 4.78 is 53.9. The number of benzene rings is 1. The van der Waals surface area contributed by atoms with E-state index in [1.54, 1.807) is 13.0 Å². The van der Waals surface area contributed by atoms with Crippen LogP contribution in [0.3, 0.4) is 0 Å². The molecule has 0 bridgehead atoms. The summed E-state index contributed by atoms with van der Waals surface area (Å²) in [6, 6.07) is 4.31. The molecule has 0 aliphatic carbocycles. The number of nitrogens with one attached hydrogen (secondary N) is 1. The van der Waals surface area contributed by atoms with E-state index >= 15 is 0 Å². The Hall–Kier alpha value is -1.14. The molecular weight excluding hydrogens is 286 g/mol. The second-order valence-corrected chi connectivity index (χ2v) is 4.96. The highest BCUT2D eigenvalue weighted by molar-refractivity contribution is 5.29. The Morgan fingerprint density at radius 3 is 2.57 bits per heavy atom. The Morgan fingerprint density at radius 1 is 1.29 bits per heavy atom.